The lowest BCUT2D eigenvalue weighted by Crippen LogP contribution is -2.10. The highest BCUT2D eigenvalue weighted by Crippen LogP contribution is 2.26. The summed E-state index contributed by atoms with van der Waals surface area (Å²) in [6.45, 7) is 6.69. The summed E-state index contributed by atoms with van der Waals surface area (Å²) in [6, 6.07) is 18.6. The molecule has 0 unspecified atom stereocenters. The van der Waals surface area contributed by atoms with Crippen LogP contribution in [0.4, 0.5) is 0 Å². The van der Waals surface area contributed by atoms with Crippen LogP contribution in [-0.2, 0) is 5.41 Å². The van der Waals surface area contributed by atoms with E-state index >= 15 is 0 Å². The zero-order valence-corrected chi connectivity index (χ0v) is 12.5. The van der Waals surface area contributed by atoms with Gasteiger partial charge >= 0.3 is 0 Å². The van der Waals surface area contributed by atoms with Gasteiger partial charge in [0.25, 0.3) is 0 Å². The average molecular weight is 272 g/mol. The highest BCUT2D eigenvalue weighted by molar-refractivity contribution is 7.99. The van der Waals surface area contributed by atoms with Crippen LogP contribution in [0, 0.1) is 0 Å². The Morgan fingerprint density at radius 2 is 1.53 bits per heavy atom. The number of thioether (sulfide) groups is 1. The summed E-state index contributed by atoms with van der Waals surface area (Å²) in [7, 11) is 0. The third-order valence-electron chi connectivity index (χ3n) is 2.91. The Hall–Kier alpha value is -1.41. The largest absolute Gasteiger partial charge is 0.483 e. The molecule has 0 aliphatic heterocycles. The topological polar surface area (TPSA) is 9.23 Å². The molecule has 100 valence electrons. The summed E-state index contributed by atoms with van der Waals surface area (Å²) in [6.07, 6.45) is 0. The normalized spacial score (nSPS) is 11.3. The Morgan fingerprint density at radius 3 is 2.11 bits per heavy atom. The SMILES string of the molecule is CC(C)(C)c1ccc(SCOc2ccccc2)cc1. The molecule has 0 N–H and O–H groups in total. The Labute approximate surface area is 120 Å². The number of ether oxygens (including phenoxy) is 1. The smallest absolute Gasteiger partial charge is 0.138 e. The van der Waals surface area contributed by atoms with Crippen molar-refractivity contribution < 1.29 is 4.74 Å². The number of hydrogen-bond donors (Lipinski definition) is 0. The average Bonchev–Trinajstić information content (AvgIpc) is 2.39. The first-order chi connectivity index (χ1) is 9.05. The van der Waals surface area contributed by atoms with Crippen molar-refractivity contribution in [3.63, 3.8) is 0 Å². The van der Waals surface area contributed by atoms with Gasteiger partial charge in [-0.15, -0.1) is 0 Å². The highest BCUT2D eigenvalue weighted by Gasteiger charge is 2.12. The molecule has 1 nitrogen and oxygen atoms in total. The van der Waals surface area contributed by atoms with Gasteiger partial charge in [0.1, 0.15) is 11.7 Å². The predicted molar refractivity (Wildman–Crippen MR) is 82.9 cm³/mol. The molecule has 0 atom stereocenters. The first kappa shape index (κ1) is 14.0. The molecule has 0 saturated carbocycles. The quantitative estimate of drug-likeness (QED) is 0.565. The van der Waals surface area contributed by atoms with Gasteiger partial charge in [0.2, 0.25) is 0 Å². The van der Waals surface area contributed by atoms with Crippen LogP contribution in [-0.4, -0.2) is 5.94 Å². The summed E-state index contributed by atoms with van der Waals surface area (Å²) in [4.78, 5) is 1.24. The van der Waals surface area contributed by atoms with Crippen LogP contribution >= 0.6 is 11.8 Å². The van der Waals surface area contributed by atoms with E-state index in [1.807, 2.05) is 30.3 Å². The van der Waals surface area contributed by atoms with E-state index in [-0.39, 0.29) is 5.41 Å². The van der Waals surface area contributed by atoms with E-state index in [4.69, 9.17) is 4.74 Å². The van der Waals surface area contributed by atoms with Crippen LogP contribution < -0.4 is 4.74 Å². The van der Waals surface area contributed by atoms with Gasteiger partial charge in [-0.05, 0) is 35.2 Å². The van der Waals surface area contributed by atoms with E-state index in [1.54, 1.807) is 11.8 Å². The first-order valence-electron chi connectivity index (χ1n) is 6.47. The molecule has 0 bridgehead atoms. The van der Waals surface area contributed by atoms with Crippen molar-refractivity contribution in [2.24, 2.45) is 0 Å². The van der Waals surface area contributed by atoms with Gasteiger partial charge in [0, 0.05) is 4.90 Å². The lowest BCUT2D eigenvalue weighted by molar-refractivity contribution is 0.393. The Morgan fingerprint density at radius 1 is 0.895 bits per heavy atom. The van der Waals surface area contributed by atoms with Crippen LogP contribution in [0.25, 0.3) is 0 Å². The van der Waals surface area contributed by atoms with Gasteiger partial charge in [0.15, 0.2) is 0 Å². The Bertz CT molecular complexity index is 497. The minimum absolute atomic E-state index is 0.212. The summed E-state index contributed by atoms with van der Waals surface area (Å²) in [5, 5.41) is 0. The van der Waals surface area contributed by atoms with E-state index in [0.717, 1.165) is 5.75 Å². The molecule has 0 radical (unpaired) electrons. The van der Waals surface area contributed by atoms with Crippen molar-refractivity contribution in [2.75, 3.05) is 5.94 Å². The van der Waals surface area contributed by atoms with E-state index in [0.29, 0.717) is 5.94 Å². The monoisotopic (exact) mass is 272 g/mol. The third kappa shape index (κ3) is 4.32. The Kier molecular flexibility index (Phi) is 4.54. The van der Waals surface area contributed by atoms with Crippen LogP contribution in [0.1, 0.15) is 26.3 Å². The molecule has 2 aromatic carbocycles. The van der Waals surface area contributed by atoms with E-state index in [1.165, 1.54) is 10.5 Å². The number of hydrogen-bond acceptors (Lipinski definition) is 2. The zero-order valence-electron chi connectivity index (χ0n) is 11.7. The van der Waals surface area contributed by atoms with Crippen LogP contribution in [0.5, 0.6) is 5.75 Å². The Balaban J connectivity index is 1.87. The second kappa shape index (κ2) is 6.16. The number of para-hydroxylation sites is 1. The lowest BCUT2D eigenvalue weighted by Gasteiger charge is -2.19. The maximum absolute atomic E-state index is 5.67. The summed E-state index contributed by atoms with van der Waals surface area (Å²) in [5.74, 6) is 1.56. The van der Waals surface area contributed by atoms with E-state index in [9.17, 15) is 0 Å². The zero-order chi connectivity index (χ0) is 13.7. The first-order valence-corrected chi connectivity index (χ1v) is 7.45. The van der Waals surface area contributed by atoms with Gasteiger partial charge in [-0.2, -0.15) is 0 Å². The van der Waals surface area contributed by atoms with E-state index < -0.39 is 0 Å². The minimum Gasteiger partial charge on any atom is -0.483 e. The van der Waals surface area contributed by atoms with Crippen molar-refractivity contribution in [1.29, 1.82) is 0 Å². The van der Waals surface area contributed by atoms with Crippen molar-refractivity contribution in [3.8, 4) is 5.75 Å². The van der Waals surface area contributed by atoms with Gasteiger partial charge in [-0.1, -0.05) is 62.9 Å². The fourth-order valence-corrected chi connectivity index (χ4v) is 2.39. The number of rotatable bonds is 4. The van der Waals surface area contributed by atoms with Crippen molar-refractivity contribution in [2.45, 2.75) is 31.1 Å². The molecular weight excluding hydrogens is 252 g/mol. The van der Waals surface area contributed by atoms with Gasteiger partial charge in [-0.3, -0.25) is 0 Å². The summed E-state index contributed by atoms with van der Waals surface area (Å²) in [5.41, 5.74) is 1.57. The van der Waals surface area contributed by atoms with Gasteiger partial charge < -0.3 is 4.74 Å². The fourth-order valence-electron chi connectivity index (χ4n) is 1.73. The van der Waals surface area contributed by atoms with Gasteiger partial charge in [-0.25, -0.2) is 0 Å². The lowest BCUT2D eigenvalue weighted by atomic mass is 9.87. The molecule has 2 aromatic rings. The van der Waals surface area contributed by atoms with Crippen LogP contribution in [0.2, 0.25) is 0 Å². The van der Waals surface area contributed by atoms with Gasteiger partial charge in [0.05, 0.1) is 0 Å². The minimum atomic E-state index is 0.212. The summed E-state index contributed by atoms with van der Waals surface area (Å²) < 4.78 is 5.67. The maximum atomic E-state index is 5.67. The molecule has 2 heteroatoms. The third-order valence-corrected chi connectivity index (χ3v) is 3.76. The molecule has 0 aromatic heterocycles. The molecule has 0 saturated heterocycles. The van der Waals surface area contributed by atoms with Crippen molar-refractivity contribution >= 4 is 11.8 Å². The molecule has 0 aliphatic rings. The summed E-state index contributed by atoms with van der Waals surface area (Å²) >= 11 is 1.71. The maximum Gasteiger partial charge on any atom is 0.138 e. The highest BCUT2D eigenvalue weighted by atomic mass is 32.2. The molecule has 19 heavy (non-hydrogen) atoms. The molecule has 0 amide bonds. The standard InChI is InChI=1S/C17H20OS/c1-17(2,3)14-9-11-16(12-10-14)19-13-18-15-7-5-4-6-8-15/h4-12H,13H2,1-3H3. The van der Waals surface area contributed by atoms with Crippen molar-refractivity contribution in [3.05, 3.63) is 60.2 Å². The molecular formula is C17H20OS. The molecule has 0 aliphatic carbocycles. The molecule has 2 rings (SSSR count). The van der Waals surface area contributed by atoms with E-state index in [2.05, 4.69) is 45.0 Å². The molecule has 0 spiro atoms. The predicted octanol–water partition coefficient (Wildman–Crippen LogP) is 5.11. The molecule has 0 heterocycles. The fraction of sp³-hybridized carbons (Fsp3) is 0.294. The van der Waals surface area contributed by atoms with Crippen LogP contribution in [0.15, 0.2) is 59.5 Å². The van der Waals surface area contributed by atoms with Crippen LogP contribution in [0.3, 0.4) is 0 Å². The second-order valence-electron chi connectivity index (χ2n) is 5.49. The number of benzene rings is 2. The second-order valence-corrected chi connectivity index (χ2v) is 6.49. The van der Waals surface area contributed by atoms with Crippen molar-refractivity contribution in [1.82, 2.24) is 0 Å². The molecule has 0 fully saturated rings.